The zero-order valence-electron chi connectivity index (χ0n) is 9.34. The van der Waals surface area contributed by atoms with Crippen molar-refractivity contribution in [3.05, 3.63) is 34.1 Å². The Kier molecular flexibility index (Phi) is 3.95. The molecule has 1 saturated heterocycles. The third-order valence-electron chi connectivity index (χ3n) is 3.03. The highest BCUT2D eigenvalue weighted by atomic mass is 79.9. The van der Waals surface area contributed by atoms with Crippen molar-refractivity contribution in [2.75, 3.05) is 19.6 Å². The lowest BCUT2D eigenvalue weighted by molar-refractivity contribution is 0.164. The van der Waals surface area contributed by atoms with Gasteiger partial charge < -0.3 is 5.32 Å². The summed E-state index contributed by atoms with van der Waals surface area (Å²) in [4.78, 5) is 2.31. The monoisotopic (exact) mass is 286 g/mol. The standard InChI is InChI=1S/C12H16BrFN2/c1-9-7-15-4-5-16(9)8-10-2-3-11(13)6-12(10)14/h2-3,6,9,15H,4-5,7-8H2,1H3/t9-/m1/s1. The number of nitrogens with zero attached hydrogens (tertiary/aromatic N) is 1. The zero-order valence-corrected chi connectivity index (χ0v) is 10.9. The van der Waals surface area contributed by atoms with Gasteiger partial charge in [0.2, 0.25) is 0 Å². The van der Waals surface area contributed by atoms with E-state index in [1.54, 1.807) is 0 Å². The molecule has 1 aliphatic heterocycles. The fraction of sp³-hybridized carbons (Fsp3) is 0.500. The van der Waals surface area contributed by atoms with E-state index in [-0.39, 0.29) is 5.82 Å². The van der Waals surface area contributed by atoms with Crippen molar-refractivity contribution in [1.82, 2.24) is 10.2 Å². The molecule has 1 aliphatic rings. The maximum absolute atomic E-state index is 13.7. The van der Waals surface area contributed by atoms with Crippen LogP contribution in [-0.4, -0.2) is 30.6 Å². The lowest BCUT2D eigenvalue weighted by Crippen LogP contribution is -2.49. The summed E-state index contributed by atoms with van der Waals surface area (Å²) >= 11 is 3.27. The van der Waals surface area contributed by atoms with Crippen molar-refractivity contribution < 1.29 is 4.39 Å². The van der Waals surface area contributed by atoms with Gasteiger partial charge in [0.15, 0.2) is 0 Å². The van der Waals surface area contributed by atoms with Crippen molar-refractivity contribution in [3.63, 3.8) is 0 Å². The van der Waals surface area contributed by atoms with Gasteiger partial charge in [0, 0.05) is 42.3 Å². The molecule has 0 amide bonds. The minimum atomic E-state index is -0.125. The second kappa shape index (κ2) is 5.25. The van der Waals surface area contributed by atoms with Crippen LogP contribution in [0.15, 0.2) is 22.7 Å². The highest BCUT2D eigenvalue weighted by molar-refractivity contribution is 9.10. The molecule has 4 heteroatoms. The number of piperazine rings is 1. The van der Waals surface area contributed by atoms with Crippen LogP contribution in [0.25, 0.3) is 0 Å². The molecule has 0 aromatic heterocycles. The Morgan fingerprint density at radius 2 is 2.38 bits per heavy atom. The van der Waals surface area contributed by atoms with Crippen LogP contribution in [-0.2, 0) is 6.54 Å². The van der Waals surface area contributed by atoms with E-state index in [4.69, 9.17) is 0 Å². The van der Waals surface area contributed by atoms with E-state index in [2.05, 4.69) is 33.1 Å². The Balaban J connectivity index is 2.07. The van der Waals surface area contributed by atoms with Crippen molar-refractivity contribution in [2.45, 2.75) is 19.5 Å². The molecule has 1 heterocycles. The number of halogens is 2. The highest BCUT2D eigenvalue weighted by Gasteiger charge is 2.18. The van der Waals surface area contributed by atoms with E-state index >= 15 is 0 Å². The maximum atomic E-state index is 13.7. The number of hydrogen-bond donors (Lipinski definition) is 1. The number of rotatable bonds is 2. The van der Waals surface area contributed by atoms with E-state index in [1.165, 1.54) is 6.07 Å². The van der Waals surface area contributed by atoms with Crippen LogP contribution < -0.4 is 5.32 Å². The first-order valence-corrected chi connectivity index (χ1v) is 6.35. The third kappa shape index (κ3) is 2.81. The molecule has 1 aromatic carbocycles. The van der Waals surface area contributed by atoms with Crippen LogP contribution in [0.3, 0.4) is 0 Å². The lowest BCUT2D eigenvalue weighted by atomic mass is 10.1. The number of benzene rings is 1. The second-order valence-corrected chi connectivity index (χ2v) is 5.18. The average molecular weight is 287 g/mol. The largest absolute Gasteiger partial charge is 0.314 e. The van der Waals surface area contributed by atoms with Crippen molar-refractivity contribution in [1.29, 1.82) is 0 Å². The molecule has 1 N–H and O–H groups in total. The number of nitrogens with one attached hydrogen (secondary N) is 1. The summed E-state index contributed by atoms with van der Waals surface area (Å²) in [7, 11) is 0. The maximum Gasteiger partial charge on any atom is 0.128 e. The Hall–Kier alpha value is -0.450. The predicted octanol–water partition coefficient (Wildman–Crippen LogP) is 2.38. The van der Waals surface area contributed by atoms with E-state index in [0.717, 1.165) is 29.7 Å². The number of hydrogen-bond acceptors (Lipinski definition) is 2. The molecule has 1 aromatic rings. The van der Waals surface area contributed by atoms with Gasteiger partial charge >= 0.3 is 0 Å². The Morgan fingerprint density at radius 1 is 1.56 bits per heavy atom. The second-order valence-electron chi connectivity index (χ2n) is 4.26. The summed E-state index contributed by atoms with van der Waals surface area (Å²) < 4.78 is 14.5. The van der Waals surface area contributed by atoms with Gasteiger partial charge in [0.1, 0.15) is 5.82 Å². The molecule has 2 nitrogen and oxygen atoms in total. The van der Waals surface area contributed by atoms with Gasteiger partial charge in [0.25, 0.3) is 0 Å². The molecule has 88 valence electrons. The Morgan fingerprint density at radius 3 is 3.06 bits per heavy atom. The summed E-state index contributed by atoms with van der Waals surface area (Å²) in [5, 5.41) is 3.33. The first-order valence-electron chi connectivity index (χ1n) is 5.55. The van der Waals surface area contributed by atoms with Gasteiger partial charge in [-0.1, -0.05) is 22.0 Å². The lowest BCUT2D eigenvalue weighted by Gasteiger charge is -2.33. The molecule has 0 aliphatic carbocycles. The summed E-state index contributed by atoms with van der Waals surface area (Å²) in [6.07, 6.45) is 0. The molecule has 0 bridgehead atoms. The fourth-order valence-electron chi connectivity index (χ4n) is 1.99. The first kappa shape index (κ1) is 12.0. The Labute approximate surface area is 104 Å². The minimum Gasteiger partial charge on any atom is -0.314 e. The Bertz CT molecular complexity index is 370. The van der Waals surface area contributed by atoms with E-state index in [1.807, 2.05) is 12.1 Å². The molecule has 0 saturated carbocycles. The molecule has 16 heavy (non-hydrogen) atoms. The molecule has 0 spiro atoms. The van der Waals surface area contributed by atoms with Gasteiger partial charge in [-0.25, -0.2) is 4.39 Å². The fourth-order valence-corrected chi connectivity index (χ4v) is 2.32. The van der Waals surface area contributed by atoms with Crippen LogP contribution in [0.4, 0.5) is 4.39 Å². The predicted molar refractivity (Wildman–Crippen MR) is 66.8 cm³/mol. The SMILES string of the molecule is C[C@@H]1CNCCN1Cc1ccc(Br)cc1F. The van der Waals surface area contributed by atoms with E-state index in [0.29, 0.717) is 12.6 Å². The van der Waals surface area contributed by atoms with Crippen molar-refractivity contribution >= 4 is 15.9 Å². The topological polar surface area (TPSA) is 15.3 Å². The van der Waals surface area contributed by atoms with E-state index < -0.39 is 0 Å². The summed E-state index contributed by atoms with van der Waals surface area (Å²) in [5.74, 6) is -0.125. The molecule has 1 atom stereocenters. The highest BCUT2D eigenvalue weighted by Crippen LogP contribution is 2.18. The smallest absolute Gasteiger partial charge is 0.128 e. The van der Waals surface area contributed by atoms with Gasteiger partial charge in [-0.3, -0.25) is 4.90 Å². The van der Waals surface area contributed by atoms with E-state index in [9.17, 15) is 4.39 Å². The van der Waals surface area contributed by atoms with Gasteiger partial charge in [-0.15, -0.1) is 0 Å². The van der Waals surface area contributed by atoms with Crippen molar-refractivity contribution in [3.8, 4) is 0 Å². The first-order chi connectivity index (χ1) is 7.66. The third-order valence-corrected chi connectivity index (χ3v) is 3.52. The van der Waals surface area contributed by atoms with Crippen LogP contribution >= 0.6 is 15.9 Å². The summed E-state index contributed by atoms with van der Waals surface area (Å²) in [5.41, 5.74) is 0.775. The van der Waals surface area contributed by atoms with Crippen LogP contribution in [0.1, 0.15) is 12.5 Å². The average Bonchev–Trinajstić information content (AvgIpc) is 2.25. The molecular weight excluding hydrogens is 271 g/mol. The van der Waals surface area contributed by atoms with Crippen LogP contribution in [0.5, 0.6) is 0 Å². The zero-order chi connectivity index (χ0) is 11.5. The normalized spacial score (nSPS) is 22.3. The van der Waals surface area contributed by atoms with Gasteiger partial charge in [-0.2, -0.15) is 0 Å². The molecule has 1 fully saturated rings. The summed E-state index contributed by atoms with van der Waals surface area (Å²) in [6.45, 7) is 5.82. The van der Waals surface area contributed by atoms with Gasteiger partial charge in [-0.05, 0) is 19.1 Å². The van der Waals surface area contributed by atoms with Crippen LogP contribution in [0.2, 0.25) is 0 Å². The van der Waals surface area contributed by atoms with Crippen LogP contribution in [0, 0.1) is 5.82 Å². The molecule has 0 radical (unpaired) electrons. The van der Waals surface area contributed by atoms with Crippen molar-refractivity contribution in [2.24, 2.45) is 0 Å². The molecule has 0 unspecified atom stereocenters. The quantitative estimate of drug-likeness (QED) is 0.898. The molecular formula is C12H16BrFN2. The van der Waals surface area contributed by atoms with Gasteiger partial charge in [0.05, 0.1) is 0 Å². The minimum absolute atomic E-state index is 0.125. The summed E-state index contributed by atoms with van der Waals surface area (Å²) in [6, 6.07) is 5.75. The molecule has 2 rings (SSSR count).